The first-order valence-corrected chi connectivity index (χ1v) is 7.98. The lowest BCUT2D eigenvalue weighted by Gasteiger charge is -2.20. The summed E-state index contributed by atoms with van der Waals surface area (Å²) in [4.78, 5) is 12.2. The zero-order chi connectivity index (χ0) is 17.1. The number of hydrogen-bond acceptors (Lipinski definition) is 2. The Morgan fingerprint density at radius 1 is 0.826 bits per heavy atom. The predicted octanol–water partition coefficient (Wildman–Crippen LogP) is 4.36. The zero-order valence-electron chi connectivity index (χ0n) is 14.2. The van der Waals surface area contributed by atoms with Crippen LogP contribution in [0.4, 0.5) is 5.69 Å². The molecule has 0 aliphatic carbocycles. The highest BCUT2D eigenvalue weighted by Crippen LogP contribution is 2.30. The average molecular weight is 326 g/mol. The van der Waals surface area contributed by atoms with Crippen LogP contribution in [0.2, 0.25) is 0 Å². The number of carbonyl (C=O) groups excluding carboxylic acids is 1. The van der Waals surface area contributed by atoms with Crippen molar-refractivity contribution in [3.63, 3.8) is 0 Å². The topological polar surface area (TPSA) is 41.1 Å². The molecular weight excluding hydrogens is 304 g/mol. The van der Waals surface area contributed by atoms with Gasteiger partial charge >= 0.3 is 0 Å². The Morgan fingerprint density at radius 2 is 1.30 bits per heavy atom. The number of benzene rings is 2. The lowest BCUT2D eigenvalue weighted by molar-refractivity contribution is 0.0977. The van der Waals surface area contributed by atoms with E-state index in [2.05, 4.69) is 45.3 Å². The molecule has 2 rings (SSSR count). The Labute approximate surface area is 143 Å². The van der Waals surface area contributed by atoms with Gasteiger partial charge in [0.25, 0.3) is 5.91 Å². The summed E-state index contributed by atoms with van der Waals surface area (Å²) in [6.45, 7) is 10.5. The third-order valence-corrected chi connectivity index (χ3v) is 4.71. The van der Waals surface area contributed by atoms with E-state index in [1.165, 1.54) is 16.7 Å². The molecule has 3 nitrogen and oxygen atoms in total. The molecule has 23 heavy (non-hydrogen) atoms. The normalized spacial score (nSPS) is 10.3. The van der Waals surface area contributed by atoms with Gasteiger partial charge < -0.3 is 5.32 Å². The summed E-state index contributed by atoms with van der Waals surface area (Å²) in [6.07, 6.45) is 0. The van der Waals surface area contributed by atoms with E-state index in [1.54, 1.807) is 12.1 Å². The standard InChI is InChI=1S/C19H22N2OS/c1-11-12(2)14(4)17(15(5)13(11)3)20-19(23)21-18(22)16-9-7-6-8-10-16/h6-10H,1-5H3,(H2,20,21,22,23). The largest absolute Gasteiger partial charge is 0.332 e. The molecule has 0 saturated carbocycles. The van der Waals surface area contributed by atoms with Gasteiger partial charge in [-0.3, -0.25) is 10.1 Å². The molecule has 0 bridgehead atoms. The summed E-state index contributed by atoms with van der Waals surface area (Å²) in [5.41, 5.74) is 7.65. The van der Waals surface area contributed by atoms with Gasteiger partial charge in [0.2, 0.25) is 0 Å². The first-order valence-electron chi connectivity index (χ1n) is 7.57. The number of anilines is 1. The Morgan fingerprint density at radius 3 is 1.83 bits per heavy atom. The SMILES string of the molecule is Cc1c(C)c(C)c(NC(=S)NC(=O)c2ccccc2)c(C)c1C. The summed E-state index contributed by atoms with van der Waals surface area (Å²) in [6, 6.07) is 9.04. The van der Waals surface area contributed by atoms with E-state index < -0.39 is 0 Å². The molecule has 2 N–H and O–H groups in total. The maximum atomic E-state index is 12.2. The van der Waals surface area contributed by atoms with Gasteiger partial charge in [0.05, 0.1) is 0 Å². The van der Waals surface area contributed by atoms with Gasteiger partial charge in [-0.05, 0) is 86.8 Å². The predicted molar refractivity (Wildman–Crippen MR) is 100 cm³/mol. The first-order chi connectivity index (χ1) is 10.8. The van der Waals surface area contributed by atoms with Gasteiger partial charge in [-0.2, -0.15) is 0 Å². The van der Waals surface area contributed by atoms with Crippen LogP contribution in [0.1, 0.15) is 38.2 Å². The molecule has 0 fully saturated rings. The molecule has 0 aliphatic rings. The molecule has 1 amide bonds. The van der Waals surface area contributed by atoms with Crippen LogP contribution in [0, 0.1) is 34.6 Å². The fourth-order valence-corrected chi connectivity index (χ4v) is 2.79. The van der Waals surface area contributed by atoms with E-state index in [1.807, 2.05) is 18.2 Å². The van der Waals surface area contributed by atoms with Gasteiger partial charge in [-0.15, -0.1) is 0 Å². The molecule has 120 valence electrons. The van der Waals surface area contributed by atoms with E-state index in [4.69, 9.17) is 12.2 Å². The molecule has 0 aliphatic heterocycles. The number of nitrogens with one attached hydrogen (secondary N) is 2. The summed E-state index contributed by atoms with van der Waals surface area (Å²) in [5.74, 6) is -0.209. The quantitative estimate of drug-likeness (QED) is 0.806. The van der Waals surface area contributed by atoms with Gasteiger partial charge in [-0.25, -0.2) is 0 Å². The van der Waals surface area contributed by atoms with Gasteiger partial charge in [0.1, 0.15) is 0 Å². The molecule has 0 unspecified atom stereocenters. The number of amides is 1. The van der Waals surface area contributed by atoms with E-state index in [-0.39, 0.29) is 5.91 Å². The maximum Gasteiger partial charge on any atom is 0.257 e. The smallest absolute Gasteiger partial charge is 0.257 e. The van der Waals surface area contributed by atoms with Crippen molar-refractivity contribution in [1.82, 2.24) is 5.32 Å². The fourth-order valence-electron chi connectivity index (χ4n) is 2.60. The van der Waals surface area contributed by atoms with Crippen molar-refractivity contribution in [1.29, 1.82) is 0 Å². The van der Waals surface area contributed by atoms with E-state index in [0.717, 1.165) is 16.8 Å². The summed E-state index contributed by atoms with van der Waals surface area (Å²) < 4.78 is 0. The monoisotopic (exact) mass is 326 g/mol. The third-order valence-electron chi connectivity index (χ3n) is 4.50. The number of carbonyl (C=O) groups is 1. The van der Waals surface area contributed by atoms with Crippen LogP contribution in [-0.2, 0) is 0 Å². The van der Waals surface area contributed by atoms with E-state index in [9.17, 15) is 4.79 Å². The van der Waals surface area contributed by atoms with Crippen LogP contribution in [0.25, 0.3) is 0 Å². The summed E-state index contributed by atoms with van der Waals surface area (Å²) in [5, 5.41) is 6.23. The maximum absolute atomic E-state index is 12.2. The van der Waals surface area contributed by atoms with E-state index >= 15 is 0 Å². The molecule has 4 heteroatoms. The second kappa shape index (κ2) is 6.92. The molecule has 0 heterocycles. The molecule has 0 radical (unpaired) electrons. The highest BCUT2D eigenvalue weighted by atomic mass is 32.1. The Hall–Kier alpha value is -2.20. The minimum absolute atomic E-state index is 0.209. The Bertz CT molecular complexity index is 738. The minimum Gasteiger partial charge on any atom is -0.332 e. The van der Waals surface area contributed by atoms with Crippen molar-refractivity contribution in [2.24, 2.45) is 0 Å². The van der Waals surface area contributed by atoms with Crippen LogP contribution < -0.4 is 10.6 Å². The van der Waals surface area contributed by atoms with Crippen LogP contribution in [0.15, 0.2) is 30.3 Å². The summed E-state index contributed by atoms with van der Waals surface area (Å²) in [7, 11) is 0. The lowest BCUT2D eigenvalue weighted by Crippen LogP contribution is -2.34. The van der Waals surface area contributed by atoms with E-state index in [0.29, 0.717) is 10.7 Å². The first kappa shape index (κ1) is 17.2. The fraction of sp³-hybridized carbons (Fsp3) is 0.263. The van der Waals surface area contributed by atoms with Crippen LogP contribution in [-0.4, -0.2) is 11.0 Å². The van der Waals surface area contributed by atoms with Crippen molar-refractivity contribution >= 4 is 28.9 Å². The molecule has 2 aromatic carbocycles. The second-order valence-electron chi connectivity index (χ2n) is 5.77. The highest BCUT2D eigenvalue weighted by Gasteiger charge is 2.14. The summed E-state index contributed by atoms with van der Waals surface area (Å²) >= 11 is 5.31. The van der Waals surface area contributed by atoms with Crippen LogP contribution >= 0.6 is 12.2 Å². The average Bonchev–Trinajstić information content (AvgIpc) is 2.56. The Balaban J connectivity index is 2.20. The van der Waals surface area contributed by atoms with Crippen molar-refractivity contribution in [3.8, 4) is 0 Å². The van der Waals surface area contributed by atoms with Crippen molar-refractivity contribution in [2.75, 3.05) is 5.32 Å². The number of hydrogen-bond donors (Lipinski definition) is 2. The molecular formula is C19H22N2OS. The molecule has 0 aromatic heterocycles. The molecule has 0 atom stereocenters. The number of thiocarbonyl (C=S) groups is 1. The van der Waals surface area contributed by atoms with Crippen molar-refractivity contribution in [2.45, 2.75) is 34.6 Å². The molecule has 0 spiro atoms. The third kappa shape index (κ3) is 3.59. The zero-order valence-corrected chi connectivity index (χ0v) is 15.0. The van der Waals surface area contributed by atoms with Crippen LogP contribution in [0.5, 0.6) is 0 Å². The minimum atomic E-state index is -0.209. The molecule has 2 aromatic rings. The highest BCUT2D eigenvalue weighted by molar-refractivity contribution is 7.80. The van der Waals surface area contributed by atoms with Gasteiger partial charge in [-0.1, -0.05) is 18.2 Å². The molecule has 0 saturated heterocycles. The van der Waals surface area contributed by atoms with Crippen LogP contribution in [0.3, 0.4) is 0 Å². The van der Waals surface area contributed by atoms with Crippen molar-refractivity contribution < 1.29 is 4.79 Å². The van der Waals surface area contributed by atoms with Gasteiger partial charge in [0, 0.05) is 11.3 Å². The van der Waals surface area contributed by atoms with Gasteiger partial charge in [0.15, 0.2) is 5.11 Å². The Kier molecular flexibility index (Phi) is 5.16. The lowest BCUT2D eigenvalue weighted by atomic mass is 9.93. The van der Waals surface area contributed by atoms with Crippen molar-refractivity contribution in [3.05, 3.63) is 63.7 Å². The second-order valence-corrected chi connectivity index (χ2v) is 6.18. The number of rotatable bonds is 2.